The van der Waals surface area contributed by atoms with Crippen LogP contribution in [0.2, 0.25) is 0 Å². The zero-order valence-electron chi connectivity index (χ0n) is 14.1. The smallest absolute Gasteiger partial charge is 0.360 e. The van der Waals surface area contributed by atoms with Gasteiger partial charge in [0.05, 0.1) is 17.8 Å². The summed E-state index contributed by atoms with van der Waals surface area (Å²) >= 11 is 0. The molecule has 7 nitrogen and oxygen atoms in total. The lowest BCUT2D eigenvalue weighted by molar-refractivity contribution is -0.132. The van der Waals surface area contributed by atoms with Gasteiger partial charge in [0.2, 0.25) is 0 Å². The number of hydrogen-bond donors (Lipinski definition) is 1. The van der Waals surface area contributed by atoms with E-state index in [1.54, 1.807) is 0 Å². The first kappa shape index (κ1) is 20.1. The van der Waals surface area contributed by atoms with Gasteiger partial charge in [0.1, 0.15) is 0 Å². The number of ether oxygens (including phenoxy) is 2. The van der Waals surface area contributed by atoms with Crippen LogP contribution in [0.15, 0.2) is 34.3 Å². The van der Waals surface area contributed by atoms with Crippen molar-refractivity contribution in [1.82, 2.24) is 0 Å². The summed E-state index contributed by atoms with van der Waals surface area (Å²) < 4.78 is 34.3. The van der Waals surface area contributed by atoms with Crippen molar-refractivity contribution in [2.45, 2.75) is 25.2 Å². The van der Waals surface area contributed by atoms with E-state index >= 15 is 0 Å². The molecule has 0 heterocycles. The molecule has 1 aromatic carbocycles. The molecule has 0 fully saturated rings. The van der Waals surface area contributed by atoms with Gasteiger partial charge >= 0.3 is 5.97 Å². The van der Waals surface area contributed by atoms with Gasteiger partial charge in [-0.1, -0.05) is 31.1 Å². The molecule has 0 aliphatic carbocycles. The average Bonchev–Trinajstić information content (AvgIpc) is 2.55. The van der Waals surface area contributed by atoms with Gasteiger partial charge in [0.15, 0.2) is 15.5 Å². The highest BCUT2D eigenvalue weighted by Gasteiger charge is 2.18. The number of nitrogens with zero attached hydrogens (tertiary/aromatic N) is 1. The summed E-state index contributed by atoms with van der Waals surface area (Å²) in [6.45, 7) is 5.04. The van der Waals surface area contributed by atoms with Crippen molar-refractivity contribution in [3.63, 3.8) is 0 Å². The Morgan fingerprint density at radius 2 is 1.88 bits per heavy atom. The van der Waals surface area contributed by atoms with Crippen molar-refractivity contribution >= 4 is 21.5 Å². The molecule has 134 valence electrons. The summed E-state index contributed by atoms with van der Waals surface area (Å²) in [7, 11) is -2.27. The second kappa shape index (κ2) is 9.39. The zero-order chi connectivity index (χ0) is 18.2. The third kappa shape index (κ3) is 5.93. The topological polar surface area (TPSA) is 102 Å². The maximum atomic E-state index is 12.2. The Labute approximate surface area is 142 Å². The Morgan fingerprint density at radius 1 is 1.25 bits per heavy atom. The monoisotopic (exact) mass is 357 g/mol. The molecule has 0 aliphatic heterocycles. The van der Waals surface area contributed by atoms with Crippen LogP contribution in [-0.4, -0.2) is 51.4 Å². The molecule has 0 aliphatic rings. The van der Waals surface area contributed by atoms with Crippen molar-refractivity contribution in [1.29, 1.82) is 0 Å². The lowest BCUT2D eigenvalue weighted by Gasteiger charge is -2.08. The number of carbonyl (C=O) groups excluding carboxylic acids is 1. The number of methoxy groups -OCH3 is 1. The number of hydrogen-bond acceptors (Lipinski definition) is 7. The lowest BCUT2D eigenvalue weighted by Crippen LogP contribution is -2.17. The minimum Gasteiger partial charge on any atom is -0.464 e. The van der Waals surface area contributed by atoms with Gasteiger partial charge in [-0.3, -0.25) is 0 Å². The van der Waals surface area contributed by atoms with E-state index in [1.165, 1.54) is 24.3 Å². The van der Waals surface area contributed by atoms with Crippen molar-refractivity contribution < 1.29 is 27.9 Å². The second-order valence-electron chi connectivity index (χ2n) is 5.61. The molecule has 0 saturated carbocycles. The van der Waals surface area contributed by atoms with Crippen molar-refractivity contribution in [2.24, 2.45) is 11.1 Å². The molecular weight excluding hydrogens is 334 g/mol. The van der Waals surface area contributed by atoms with Gasteiger partial charge < -0.3 is 14.7 Å². The maximum absolute atomic E-state index is 12.2. The van der Waals surface area contributed by atoms with Crippen LogP contribution >= 0.6 is 0 Å². The Morgan fingerprint density at radius 3 is 2.38 bits per heavy atom. The van der Waals surface area contributed by atoms with Gasteiger partial charge in [-0.05, 0) is 24.5 Å². The van der Waals surface area contributed by atoms with E-state index in [4.69, 9.17) is 9.94 Å². The van der Waals surface area contributed by atoms with Crippen LogP contribution in [0.4, 0.5) is 0 Å². The third-order valence-electron chi connectivity index (χ3n) is 3.12. The van der Waals surface area contributed by atoms with E-state index in [9.17, 15) is 13.2 Å². The third-order valence-corrected chi connectivity index (χ3v) is 4.94. The molecule has 0 spiro atoms. The summed E-state index contributed by atoms with van der Waals surface area (Å²) in [6, 6.07) is 5.53. The molecular formula is C16H23NO6S. The highest BCUT2D eigenvalue weighted by molar-refractivity contribution is 7.91. The first-order chi connectivity index (χ1) is 11.3. The Balaban J connectivity index is 2.72. The summed E-state index contributed by atoms with van der Waals surface area (Å²) in [5.41, 5.74) is -0.0212. The van der Waals surface area contributed by atoms with Gasteiger partial charge in [-0.25, -0.2) is 13.2 Å². The first-order valence-electron chi connectivity index (χ1n) is 7.53. The molecule has 1 N–H and O–H groups in total. The fourth-order valence-electron chi connectivity index (χ4n) is 1.92. The van der Waals surface area contributed by atoms with E-state index < -0.39 is 15.8 Å². The predicted octanol–water partition coefficient (Wildman–Crippen LogP) is 1.87. The van der Waals surface area contributed by atoms with Gasteiger partial charge in [-0.15, -0.1) is 0 Å². The van der Waals surface area contributed by atoms with E-state index in [0.29, 0.717) is 25.6 Å². The van der Waals surface area contributed by atoms with E-state index in [0.717, 1.165) is 7.11 Å². The molecule has 0 radical (unpaired) electrons. The second-order valence-corrected chi connectivity index (χ2v) is 7.71. The molecule has 0 saturated heterocycles. The van der Waals surface area contributed by atoms with E-state index in [1.807, 2.05) is 13.8 Å². The van der Waals surface area contributed by atoms with Crippen molar-refractivity contribution in [2.75, 3.05) is 26.1 Å². The minimum absolute atomic E-state index is 0.0254. The molecule has 0 amide bonds. The van der Waals surface area contributed by atoms with E-state index in [-0.39, 0.29) is 21.9 Å². The minimum atomic E-state index is -3.43. The molecule has 0 aromatic heterocycles. The molecule has 0 atom stereocenters. The zero-order valence-corrected chi connectivity index (χ0v) is 14.9. The summed E-state index contributed by atoms with van der Waals surface area (Å²) in [5.74, 6) is -0.427. The van der Waals surface area contributed by atoms with Gasteiger partial charge in [0.25, 0.3) is 0 Å². The highest BCUT2D eigenvalue weighted by atomic mass is 32.2. The van der Waals surface area contributed by atoms with Crippen LogP contribution in [0.3, 0.4) is 0 Å². The number of carbonyl (C=O) groups is 1. The first-order valence-corrected chi connectivity index (χ1v) is 9.18. The van der Waals surface area contributed by atoms with Crippen molar-refractivity contribution in [3.8, 4) is 0 Å². The van der Waals surface area contributed by atoms with Gasteiger partial charge in [-0.2, -0.15) is 0 Å². The van der Waals surface area contributed by atoms with Gasteiger partial charge in [0, 0.05) is 18.8 Å². The normalized spacial score (nSPS) is 12.4. The van der Waals surface area contributed by atoms with E-state index in [2.05, 4.69) is 9.89 Å². The number of esters is 1. The summed E-state index contributed by atoms with van der Waals surface area (Å²) in [5, 5.41) is 11.8. The average molecular weight is 357 g/mol. The predicted molar refractivity (Wildman–Crippen MR) is 89.1 cm³/mol. The van der Waals surface area contributed by atoms with Crippen LogP contribution in [0.5, 0.6) is 0 Å². The summed E-state index contributed by atoms with van der Waals surface area (Å²) in [6.07, 6.45) is 0.405. The summed E-state index contributed by atoms with van der Waals surface area (Å²) in [4.78, 5) is 11.6. The van der Waals surface area contributed by atoms with Crippen LogP contribution < -0.4 is 0 Å². The maximum Gasteiger partial charge on any atom is 0.360 e. The molecule has 0 bridgehead atoms. The van der Waals surface area contributed by atoms with Crippen LogP contribution in [0.1, 0.15) is 25.8 Å². The number of rotatable bonds is 9. The SMILES string of the molecule is COC(=O)/C(=N/O)c1ccc(S(=O)(=O)CCCOCC(C)C)cc1. The highest BCUT2D eigenvalue weighted by Crippen LogP contribution is 2.14. The Hall–Kier alpha value is -1.93. The molecule has 1 aromatic rings. The van der Waals surface area contributed by atoms with Crippen LogP contribution in [-0.2, 0) is 24.1 Å². The van der Waals surface area contributed by atoms with Crippen molar-refractivity contribution in [3.05, 3.63) is 29.8 Å². The molecule has 8 heteroatoms. The number of sulfone groups is 1. The number of oxime groups is 1. The largest absolute Gasteiger partial charge is 0.464 e. The fourth-order valence-corrected chi connectivity index (χ4v) is 3.21. The fraction of sp³-hybridized carbons (Fsp3) is 0.500. The Bertz CT molecular complexity index is 664. The molecule has 0 unspecified atom stereocenters. The Kier molecular flexibility index (Phi) is 7.87. The quantitative estimate of drug-likeness (QED) is 0.238. The molecule has 1 rings (SSSR count). The van der Waals surface area contributed by atoms with Crippen LogP contribution in [0.25, 0.3) is 0 Å². The number of benzene rings is 1. The lowest BCUT2D eigenvalue weighted by atomic mass is 10.1. The standard InChI is InChI=1S/C16H23NO6S/c1-12(2)11-23-9-4-10-24(20,21)14-7-5-13(6-8-14)15(17-19)16(18)22-3/h5-8,12,19H,4,9-11H2,1-3H3/b17-15+. The molecule has 24 heavy (non-hydrogen) atoms. The van der Waals surface area contributed by atoms with Crippen LogP contribution in [0, 0.1) is 5.92 Å².